The summed E-state index contributed by atoms with van der Waals surface area (Å²) < 4.78 is 36.9. The molecule has 0 saturated carbocycles. The maximum absolute atomic E-state index is 12.8. The average molecular weight is 357 g/mol. The lowest BCUT2D eigenvalue weighted by atomic mass is 10.2. The van der Waals surface area contributed by atoms with E-state index in [0.717, 1.165) is 5.56 Å². The van der Waals surface area contributed by atoms with Gasteiger partial charge in [-0.1, -0.05) is 12.1 Å². The summed E-state index contributed by atoms with van der Waals surface area (Å²) in [6, 6.07) is 5.84. The molecule has 0 spiro atoms. The molecule has 2 rings (SSSR count). The highest BCUT2D eigenvalue weighted by molar-refractivity contribution is 7.89. The molecule has 1 N–H and O–H groups in total. The van der Waals surface area contributed by atoms with E-state index in [1.165, 1.54) is 10.4 Å². The molecular formula is C16H23NO6S. The number of sulfonamides is 1. The first-order valence-electron chi connectivity index (χ1n) is 7.90. The molecule has 0 bridgehead atoms. The van der Waals surface area contributed by atoms with Gasteiger partial charge >= 0.3 is 5.97 Å². The summed E-state index contributed by atoms with van der Waals surface area (Å²) in [5.41, 5.74) is 0.843. The van der Waals surface area contributed by atoms with E-state index in [2.05, 4.69) is 0 Å². The van der Waals surface area contributed by atoms with Crippen LogP contribution in [0.15, 0.2) is 29.2 Å². The van der Waals surface area contributed by atoms with Crippen molar-refractivity contribution in [2.45, 2.75) is 30.7 Å². The van der Waals surface area contributed by atoms with E-state index in [-0.39, 0.29) is 31.3 Å². The van der Waals surface area contributed by atoms with Crippen molar-refractivity contribution in [3.63, 3.8) is 0 Å². The van der Waals surface area contributed by atoms with Crippen LogP contribution in [0.4, 0.5) is 0 Å². The van der Waals surface area contributed by atoms with Crippen molar-refractivity contribution in [3.8, 4) is 0 Å². The Hall–Kier alpha value is -1.48. The second-order valence-corrected chi connectivity index (χ2v) is 7.48. The molecule has 1 aliphatic heterocycles. The quantitative estimate of drug-likeness (QED) is 0.544. The van der Waals surface area contributed by atoms with Crippen LogP contribution in [-0.2, 0) is 24.3 Å². The van der Waals surface area contributed by atoms with Gasteiger partial charge in [-0.15, -0.1) is 0 Å². The van der Waals surface area contributed by atoms with Gasteiger partial charge in [0.25, 0.3) is 0 Å². The van der Waals surface area contributed by atoms with Crippen molar-refractivity contribution in [1.29, 1.82) is 0 Å². The fourth-order valence-electron chi connectivity index (χ4n) is 2.64. The summed E-state index contributed by atoms with van der Waals surface area (Å²) in [6.07, 6.45) is 1.06. The molecule has 1 aromatic rings. The molecular weight excluding hydrogens is 334 g/mol. The number of esters is 1. The third kappa shape index (κ3) is 4.54. The zero-order valence-electron chi connectivity index (χ0n) is 13.7. The van der Waals surface area contributed by atoms with Crippen LogP contribution in [0, 0.1) is 6.92 Å². The molecule has 1 aromatic carbocycles. The largest absolute Gasteiger partial charge is 0.462 e. The van der Waals surface area contributed by atoms with Crippen LogP contribution in [0.5, 0.6) is 0 Å². The number of rotatable bonds is 8. The van der Waals surface area contributed by atoms with Crippen molar-refractivity contribution >= 4 is 16.0 Å². The highest BCUT2D eigenvalue weighted by atomic mass is 32.2. The van der Waals surface area contributed by atoms with E-state index >= 15 is 0 Å². The zero-order chi connectivity index (χ0) is 17.6. The topological polar surface area (TPSA) is 93.1 Å². The highest BCUT2D eigenvalue weighted by Crippen LogP contribution is 2.27. The Labute approximate surface area is 142 Å². The van der Waals surface area contributed by atoms with Gasteiger partial charge in [-0.25, -0.2) is 8.42 Å². The monoisotopic (exact) mass is 357 g/mol. The molecule has 0 unspecified atom stereocenters. The number of hydrogen-bond donors (Lipinski definition) is 1. The number of benzene rings is 1. The Kier molecular flexibility index (Phi) is 6.73. The molecule has 1 atom stereocenters. The molecule has 0 radical (unpaired) electrons. The summed E-state index contributed by atoms with van der Waals surface area (Å²) in [7, 11) is -3.73. The van der Waals surface area contributed by atoms with Gasteiger partial charge in [-0.2, -0.15) is 4.31 Å². The van der Waals surface area contributed by atoms with Crippen molar-refractivity contribution < 1.29 is 27.8 Å². The molecule has 0 aliphatic carbocycles. The van der Waals surface area contributed by atoms with Crippen LogP contribution in [0.25, 0.3) is 0 Å². The lowest BCUT2D eigenvalue weighted by molar-refractivity contribution is -0.149. The average Bonchev–Trinajstić information content (AvgIpc) is 3.05. The molecule has 1 heterocycles. The van der Waals surface area contributed by atoms with Gasteiger partial charge in [0, 0.05) is 6.54 Å². The van der Waals surface area contributed by atoms with Crippen LogP contribution in [-0.4, -0.2) is 62.8 Å². The summed E-state index contributed by atoms with van der Waals surface area (Å²) in [4.78, 5) is 12.4. The van der Waals surface area contributed by atoms with E-state index in [1.54, 1.807) is 12.1 Å². The van der Waals surface area contributed by atoms with E-state index in [1.807, 2.05) is 13.0 Å². The van der Waals surface area contributed by atoms with Crippen molar-refractivity contribution in [2.24, 2.45) is 0 Å². The van der Waals surface area contributed by atoms with Gasteiger partial charge in [0.05, 0.1) is 24.7 Å². The van der Waals surface area contributed by atoms with E-state index in [9.17, 15) is 13.2 Å². The number of ether oxygens (including phenoxy) is 2. The van der Waals surface area contributed by atoms with Gasteiger partial charge in [-0.05, 0) is 37.5 Å². The maximum atomic E-state index is 12.8. The first-order valence-corrected chi connectivity index (χ1v) is 9.34. The second-order valence-electron chi connectivity index (χ2n) is 5.59. The number of hydrogen-bond acceptors (Lipinski definition) is 6. The minimum Gasteiger partial charge on any atom is -0.462 e. The summed E-state index contributed by atoms with van der Waals surface area (Å²) in [6.45, 7) is 2.41. The molecule has 7 nitrogen and oxygen atoms in total. The Morgan fingerprint density at radius 1 is 1.33 bits per heavy atom. The van der Waals surface area contributed by atoms with Crippen molar-refractivity contribution in [3.05, 3.63) is 29.8 Å². The van der Waals surface area contributed by atoms with Crippen LogP contribution in [0.1, 0.15) is 18.4 Å². The molecule has 24 heavy (non-hydrogen) atoms. The summed E-state index contributed by atoms with van der Waals surface area (Å²) in [5, 5.41) is 8.59. The normalized spacial score (nSPS) is 18.7. The number of carbonyl (C=O) groups is 1. The van der Waals surface area contributed by atoms with E-state index in [0.29, 0.717) is 19.4 Å². The van der Waals surface area contributed by atoms with Gasteiger partial charge in [0.1, 0.15) is 12.6 Å². The Morgan fingerprint density at radius 2 is 2.12 bits per heavy atom. The smallest absolute Gasteiger partial charge is 0.324 e. The lowest BCUT2D eigenvalue weighted by Gasteiger charge is -2.23. The summed E-state index contributed by atoms with van der Waals surface area (Å²) in [5.74, 6) is -0.559. The molecule has 134 valence electrons. The Bertz CT molecular complexity index is 660. The molecule has 1 aliphatic rings. The van der Waals surface area contributed by atoms with Crippen LogP contribution in [0.3, 0.4) is 0 Å². The zero-order valence-corrected chi connectivity index (χ0v) is 14.5. The fourth-order valence-corrected chi connectivity index (χ4v) is 4.39. The Morgan fingerprint density at radius 3 is 2.83 bits per heavy atom. The molecule has 0 aromatic heterocycles. The molecule has 1 fully saturated rings. The molecule has 8 heteroatoms. The minimum atomic E-state index is -3.73. The van der Waals surface area contributed by atoms with Crippen LogP contribution in [0.2, 0.25) is 0 Å². The van der Waals surface area contributed by atoms with Crippen molar-refractivity contribution in [2.75, 3.05) is 33.0 Å². The number of nitrogens with zero attached hydrogens (tertiary/aromatic N) is 1. The first-order chi connectivity index (χ1) is 11.5. The van der Waals surface area contributed by atoms with Gasteiger partial charge < -0.3 is 14.6 Å². The predicted molar refractivity (Wildman–Crippen MR) is 87.0 cm³/mol. The van der Waals surface area contributed by atoms with Gasteiger partial charge in [-0.3, -0.25) is 4.79 Å². The first kappa shape index (κ1) is 18.9. The number of aliphatic hydroxyl groups excluding tert-OH is 1. The van der Waals surface area contributed by atoms with Gasteiger partial charge in [0.2, 0.25) is 10.0 Å². The summed E-state index contributed by atoms with van der Waals surface area (Å²) >= 11 is 0. The number of aryl methyl sites for hydroxylation is 1. The maximum Gasteiger partial charge on any atom is 0.324 e. The highest BCUT2D eigenvalue weighted by Gasteiger charge is 2.40. The molecule has 0 amide bonds. The Balaban J connectivity index is 2.02. The minimum absolute atomic E-state index is 0.0354. The number of carbonyl (C=O) groups excluding carboxylic acids is 1. The lowest BCUT2D eigenvalue weighted by Crippen LogP contribution is -2.41. The van der Waals surface area contributed by atoms with E-state index < -0.39 is 22.0 Å². The number of aliphatic hydroxyl groups is 1. The van der Waals surface area contributed by atoms with Crippen LogP contribution < -0.4 is 0 Å². The van der Waals surface area contributed by atoms with Crippen molar-refractivity contribution in [1.82, 2.24) is 4.31 Å². The van der Waals surface area contributed by atoms with E-state index in [4.69, 9.17) is 14.6 Å². The third-order valence-electron chi connectivity index (χ3n) is 3.78. The van der Waals surface area contributed by atoms with Crippen LogP contribution >= 0.6 is 0 Å². The van der Waals surface area contributed by atoms with Gasteiger partial charge in [0.15, 0.2) is 0 Å². The SMILES string of the molecule is Cc1cccc(S(=O)(=O)N2CCC[C@H]2C(=O)OCCOCCO)c1. The second kappa shape index (κ2) is 8.57. The predicted octanol–water partition coefficient (Wildman–Crippen LogP) is 0.700. The third-order valence-corrected chi connectivity index (χ3v) is 5.68. The standard InChI is InChI=1S/C16H23NO6S/c1-13-4-2-5-14(12-13)24(20,21)17-7-3-6-15(17)16(19)23-11-10-22-9-8-18/h2,4-5,12,15,18H,3,6-11H2,1H3/t15-/m0/s1. The molecule has 1 saturated heterocycles. The fraction of sp³-hybridized carbons (Fsp3) is 0.562.